The summed E-state index contributed by atoms with van der Waals surface area (Å²) in [5.74, 6) is -1.03. The van der Waals surface area contributed by atoms with Gasteiger partial charge in [-0.3, -0.25) is 9.78 Å². The number of pyridine rings is 1. The highest BCUT2D eigenvalue weighted by molar-refractivity contribution is 7.89. The SMILES string of the molecule is O=C(NCc1ccnc(-c2ccc(C(F)(F)F)cc2)c1)C1CCCN1S(=O)(=O)c1ccc(F)cc1. The number of carbonyl (C=O) groups excluding carboxylic acids is 1. The summed E-state index contributed by atoms with van der Waals surface area (Å²) in [5.41, 5.74) is 0.806. The Balaban J connectivity index is 1.44. The molecule has 1 saturated heterocycles. The van der Waals surface area contributed by atoms with Crippen LogP contribution in [0.1, 0.15) is 24.0 Å². The molecule has 1 aromatic heterocycles. The largest absolute Gasteiger partial charge is 0.416 e. The number of rotatable bonds is 6. The topological polar surface area (TPSA) is 79.4 Å². The van der Waals surface area contributed by atoms with Crippen LogP contribution in [-0.4, -0.2) is 36.2 Å². The number of benzene rings is 2. The molecule has 0 aliphatic carbocycles. The van der Waals surface area contributed by atoms with E-state index in [-0.39, 0.29) is 18.0 Å². The van der Waals surface area contributed by atoms with Crippen molar-refractivity contribution >= 4 is 15.9 Å². The van der Waals surface area contributed by atoms with Crippen molar-refractivity contribution in [3.63, 3.8) is 0 Å². The molecule has 1 atom stereocenters. The molecule has 1 N–H and O–H groups in total. The summed E-state index contributed by atoms with van der Waals surface area (Å²) in [6.07, 6.45) is -2.10. The number of alkyl halides is 3. The molecule has 6 nitrogen and oxygen atoms in total. The van der Waals surface area contributed by atoms with Crippen LogP contribution in [0.25, 0.3) is 11.3 Å². The molecule has 11 heteroatoms. The summed E-state index contributed by atoms with van der Waals surface area (Å²) < 4.78 is 78.6. The van der Waals surface area contributed by atoms with Crippen molar-refractivity contribution < 1.29 is 30.8 Å². The summed E-state index contributed by atoms with van der Waals surface area (Å²) in [4.78, 5) is 16.9. The Hall–Kier alpha value is -3.31. The van der Waals surface area contributed by atoms with Gasteiger partial charge in [-0.2, -0.15) is 17.5 Å². The Morgan fingerprint density at radius 1 is 1.06 bits per heavy atom. The maximum absolute atomic E-state index is 13.2. The van der Waals surface area contributed by atoms with Crippen LogP contribution in [-0.2, 0) is 27.5 Å². The molecule has 184 valence electrons. The Labute approximate surface area is 199 Å². The van der Waals surface area contributed by atoms with Gasteiger partial charge in [-0.1, -0.05) is 12.1 Å². The molecule has 0 spiro atoms. The monoisotopic (exact) mass is 507 g/mol. The second kappa shape index (κ2) is 9.74. The Morgan fingerprint density at radius 3 is 2.40 bits per heavy atom. The minimum atomic E-state index is -4.43. The average Bonchev–Trinajstić information content (AvgIpc) is 3.34. The van der Waals surface area contributed by atoms with Crippen LogP contribution in [0.15, 0.2) is 71.8 Å². The number of amides is 1. The lowest BCUT2D eigenvalue weighted by atomic mass is 10.1. The molecule has 1 amide bonds. The fourth-order valence-electron chi connectivity index (χ4n) is 3.91. The van der Waals surface area contributed by atoms with Gasteiger partial charge in [-0.15, -0.1) is 0 Å². The van der Waals surface area contributed by atoms with E-state index in [0.717, 1.165) is 40.7 Å². The minimum Gasteiger partial charge on any atom is -0.351 e. The molecule has 1 aliphatic rings. The van der Waals surface area contributed by atoms with Gasteiger partial charge in [0.2, 0.25) is 15.9 Å². The molecule has 1 unspecified atom stereocenters. The zero-order valence-corrected chi connectivity index (χ0v) is 19.1. The normalized spacial score (nSPS) is 16.9. The van der Waals surface area contributed by atoms with E-state index in [1.807, 2.05) is 0 Å². The predicted molar refractivity (Wildman–Crippen MR) is 120 cm³/mol. The van der Waals surface area contributed by atoms with Crippen LogP contribution in [0, 0.1) is 5.82 Å². The lowest BCUT2D eigenvalue weighted by Crippen LogP contribution is -2.45. The average molecular weight is 508 g/mol. The number of halogens is 4. The highest BCUT2D eigenvalue weighted by atomic mass is 32.2. The van der Waals surface area contributed by atoms with Crippen LogP contribution in [0.2, 0.25) is 0 Å². The summed E-state index contributed by atoms with van der Waals surface area (Å²) in [6, 6.07) is 11.4. The van der Waals surface area contributed by atoms with Crippen LogP contribution in [0.4, 0.5) is 17.6 Å². The van der Waals surface area contributed by atoms with Crippen molar-refractivity contribution in [1.82, 2.24) is 14.6 Å². The molecule has 3 aromatic rings. The van der Waals surface area contributed by atoms with Gasteiger partial charge in [0, 0.05) is 24.8 Å². The van der Waals surface area contributed by atoms with E-state index in [4.69, 9.17) is 0 Å². The van der Waals surface area contributed by atoms with E-state index in [1.54, 1.807) is 12.1 Å². The van der Waals surface area contributed by atoms with Crippen LogP contribution in [0.3, 0.4) is 0 Å². The molecule has 1 aliphatic heterocycles. The van der Waals surface area contributed by atoms with E-state index in [0.29, 0.717) is 29.7 Å². The zero-order chi connectivity index (χ0) is 25.2. The smallest absolute Gasteiger partial charge is 0.351 e. The van der Waals surface area contributed by atoms with Gasteiger partial charge in [0.25, 0.3) is 0 Å². The number of nitrogens with one attached hydrogen (secondary N) is 1. The zero-order valence-electron chi connectivity index (χ0n) is 18.3. The Bertz CT molecular complexity index is 1310. The van der Waals surface area contributed by atoms with Crippen molar-refractivity contribution in [2.24, 2.45) is 0 Å². The molecular weight excluding hydrogens is 486 g/mol. The number of hydrogen-bond donors (Lipinski definition) is 1. The fraction of sp³-hybridized carbons (Fsp3) is 0.250. The first-order valence-corrected chi connectivity index (χ1v) is 12.2. The Morgan fingerprint density at radius 2 is 1.74 bits per heavy atom. The molecule has 1 fully saturated rings. The number of sulfonamides is 1. The predicted octanol–water partition coefficient (Wildman–Crippen LogP) is 4.38. The summed E-state index contributed by atoms with van der Waals surface area (Å²) in [5, 5.41) is 2.73. The lowest BCUT2D eigenvalue weighted by Gasteiger charge is -2.23. The second-order valence-corrected chi connectivity index (χ2v) is 9.96. The van der Waals surface area contributed by atoms with Crippen molar-refractivity contribution in [1.29, 1.82) is 0 Å². The fourth-order valence-corrected chi connectivity index (χ4v) is 5.57. The van der Waals surface area contributed by atoms with Gasteiger partial charge in [-0.25, -0.2) is 12.8 Å². The van der Waals surface area contributed by atoms with E-state index in [9.17, 15) is 30.8 Å². The van der Waals surface area contributed by atoms with Crippen molar-refractivity contribution in [2.45, 2.75) is 36.5 Å². The van der Waals surface area contributed by atoms with E-state index in [2.05, 4.69) is 10.3 Å². The lowest BCUT2D eigenvalue weighted by molar-refractivity contribution is -0.137. The van der Waals surface area contributed by atoms with Crippen molar-refractivity contribution in [2.75, 3.05) is 6.54 Å². The number of carbonyl (C=O) groups is 1. The molecule has 0 saturated carbocycles. The third-order valence-electron chi connectivity index (χ3n) is 5.73. The molecular formula is C24H21F4N3O3S. The third kappa shape index (κ3) is 5.51. The maximum atomic E-state index is 13.2. The highest BCUT2D eigenvalue weighted by Crippen LogP contribution is 2.31. The third-order valence-corrected chi connectivity index (χ3v) is 7.65. The maximum Gasteiger partial charge on any atom is 0.416 e. The summed E-state index contributed by atoms with van der Waals surface area (Å²) >= 11 is 0. The molecule has 2 aromatic carbocycles. The number of aromatic nitrogens is 1. The van der Waals surface area contributed by atoms with Gasteiger partial charge >= 0.3 is 6.18 Å². The van der Waals surface area contributed by atoms with E-state index in [1.165, 1.54) is 18.3 Å². The minimum absolute atomic E-state index is 0.0793. The van der Waals surface area contributed by atoms with E-state index < -0.39 is 39.5 Å². The van der Waals surface area contributed by atoms with Crippen LogP contribution < -0.4 is 5.32 Å². The van der Waals surface area contributed by atoms with E-state index >= 15 is 0 Å². The molecule has 35 heavy (non-hydrogen) atoms. The second-order valence-electron chi connectivity index (χ2n) is 8.07. The first-order valence-electron chi connectivity index (χ1n) is 10.7. The highest BCUT2D eigenvalue weighted by Gasteiger charge is 2.39. The Kier molecular flexibility index (Phi) is 6.91. The standard InChI is InChI=1S/C24H21F4N3O3S/c25-19-7-9-20(10-8-19)35(33,34)31-13-1-2-22(31)23(32)30-15-16-11-12-29-21(14-16)17-3-5-18(6-4-17)24(26,27)28/h3-12,14,22H,1-2,13,15H2,(H,30,32). The molecule has 4 rings (SSSR count). The quantitative estimate of drug-likeness (QED) is 0.503. The van der Waals surface area contributed by atoms with Gasteiger partial charge in [0.1, 0.15) is 11.9 Å². The molecule has 0 radical (unpaired) electrons. The number of nitrogens with zero attached hydrogens (tertiary/aromatic N) is 2. The van der Waals surface area contributed by atoms with Gasteiger partial charge in [0.05, 0.1) is 16.2 Å². The first-order chi connectivity index (χ1) is 16.6. The summed E-state index contributed by atoms with van der Waals surface area (Å²) in [7, 11) is -3.97. The van der Waals surface area contributed by atoms with Crippen LogP contribution in [0.5, 0.6) is 0 Å². The van der Waals surface area contributed by atoms with Gasteiger partial charge in [-0.05, 0) is 66.9 Å². The van der Waals surface area contributed by atoms with Crippen molar-refractivity contribution in [3.05, 3.63) is 83.8 Å². The number of hydrogen-bond acceptors (Lipinski definition) is 4. The summed E-state index contributed by atoms with van der Waals surface area (Å²) in [6.45, 7) is 0.251. The molecule has 0 bridgehead atoms. The van der Waals surface area contributed by atoms with Gasteiger partial charge in [0.15, 0.2) is 0 Å². The van der Waals surface area contributed by atoms with Crippen molar-refractivity contribution in [3.8, 4) is 11.3 Å². The van der Waals surface area contributed by atoms with Gasteiger partial charge < -0.3 is 5.32 Å². The van der Waals surface area contributed by atoms with Crippen LogP contribution >= 0.6 is 0 Å². The first kappa shape index (κ1) is 24.8. The molecule has 2 heterocycles.